The minimum Gasteiger partial charge on any atom is -0.497 e. The molecule has 1 heterocycles. The predicted molar refractivity (Wildman–Crippen MR) is 89.3 cm³/mol. The molecule has 0 spiro atoms. The summed E-state index contributed by atoms with van der Waals surface area (Å²) in [4.78, 5) is 1.49. The van der Waals surface area contributed by atoms with Crippen LogP contribution in [0.2, 0.25) is 0 Å². The molecule has 22 heavy (non-hydrogen) atoms. The molecule has 0 fully saturated rings. The summed E-state index contributed by atoms with van der Waals surface area (Å²) in [6.07, 6.45) is 2.02. The number of hydrogen-bond donors (Lipinski definition) is 1. The van der Waals surface area contributed by atoms with Crippen molar-refractivity contribution in [3.8, 4) is 5.75 Å². The van der Waals surface area contributed by atoms with Gasteiger partial charge in [0, 0.05) is 11.0 Å². The van der Waals surface area contributed by atoms with E-state index in [9.17, 15) is 8.42 Å². The summed E-state index contributed by atoms with van der Waals surface area (Å²) in [5, 5.41) is 0. The van der Waals surface area contributed by atoms with Crippen molar-refractivity contribution in [2.24, 2.45) is 0 Å². The van der Waals surface area contributed by atoms with Crippen LogP contribution < -0.4 is 9.46 Å². The van der Waals surface area contributed by atoms with Gasteiger partial charge in [-0.3, -0.25) is 4.72 Å². The van der Waals surface area contributed by atoms with Gasteiger partial charge in [0.05, 0.1) is 17.7 Å². The van der Waals surface area contributed by atoms with Crippen molar-refractivity contribution in [1.82, 2.24) is 0 Å². The fraction of sp³-hybridized carbons (Fsp3) is 0.250. The average Bonchev–Trinajstić information content (AvgIpc) is 2.54. The molecule has 6 heteroatoms. The van der Waals surface area contributed by atoms with Gasteiger partial charge in [0.25, 0.3) is 10.0 Å². The maximum Gasteiger partial charge on any atom is 0.261 e. The number of fused-ring (bicyclic) bond motifs is 1. The van der Waals surface area contributed by atoms with Crippen molar-refractivity contribution in [2.75, 3.05) is 17.6 Å². The normalized spacial score (nSPS) is 14.2. The van der Waals surface area contributed by atoms with Crippen molar-refractivity contribution < 1.29 is 13.2 Å². The van der Waals surface area contributed by atoms with Crippen LogP contribution >= 0.6 is 11.8 Å². The van der Waals surface area contributed by atoms with Crippen LogP contribution in [0.1, 0.15) is 12.0 Å². The molecule has 0 amide bonds. The lowest BCUT2D eigenvalue weighted by molar-refractivity contribution is 0.415. The highest BCUT2D eigenvalue weighted by Gasteiger charge is 2.18. The number of rotatable bonds is 4. The second-order valence-corrected chi connectivity index (χ2v) is 7.88. The Balaban J connectivity index is 1.89. The zero-order chi connectivity index (χ0) is 15.6. The molecule has 0 aliphatic carbocycles. The van der Waals surface area contributed by atoms with E-state index in [-0.39, 0.29) is 0 Å². The number of thioether (sulfide) groups is 1. The lowest BCUT2D eigenvalue weighted by Gasteiger charge is -2.16. The van der Waals surface area contributed by atoms with Gasteiger partial charge < -0.3 is 4.74 Å². The van der Waals surface area contributed by atoms with Gasteiger partial charge in [0.2, 0.25) is 0 Å². The zero-order valence-electron chi connectivity index (χ0n) is 12.2. The van der Waals surface area contributed by atoms with Crippen molar-refractivity contribution in [1.29, 1.82) is 0 Å². The fourth-order valence-corrected chi connectivity index (χ4v) is 4.52. The molecular weight excluding hydrogens is 318 g/mol. The molecule has 0 radical (unpaired) electrons. The van der Waals surface area contributed by atoms with Crippen LogP contribution in [0.3, 0.4) is 0 Å². The summed E-state index contributed by atoms with van der Waals surface area (Å²) in [5.74, 6) is 1.71. The van der Waals surface area contributed by atoms with E-state index in [2.05, 4.69) is 4.72 Å². The molecule has 0 aromatic heterocycles. The third-order valence-electron chi connectivity index (χ3n) is 3.51. The van der Waals surface area contributed by atoms with Crippen LogP contribution in [0.25, 0.3) is 0 Å². The standard InChI is InChI=1S/C16H17NO3S2/c1-20-14-6-2-5-13(11-14)17-22(18,19)15-7-8-16-12(10-15)4-3-9-21-16/h2,5-8,10-11,17H,3-4,9H2,1H3. The van der Waals surface area contributed by atoms with Gasteiger partial charge in [-0.05, 0) is 54.5 Å². The number of benzene rings is 2. The number of nitrogens with one attached hydrogen (secondary N) is 1. The Hall–Kier alpha value is -1.66. The molecular formula is C16H17NO3S2. The molecule has 4 nitrogen and oxygen atoms in total. The van der Waals surface area contributed by atoms with E-state index >= 15 is 0 Å². The quantitative estimate of drug-likeness (QED) is 0.928. The first-order valence-corrected chi connectivity index (χ1v) is 9.48. The van der Waals surface area contributed by atoms with E-state index in [1.165, 1.54) is 4.90 Å². The summed E-state index contributed by atoms with van der Waals surface area (Å²) >= 11 is 1.79. The number of sulfonamides is 1. The molecule has 2 aromatic rings. The molecule has 3 rings (SSSR count). The van der Waals surface area contributed by atoms with E-state index in [0.29, 0.717) is 16.3 Å². The van der Waals surface area contributed by atoms with Crippen molar-refractivity contribution >= 4 is 27.5 Å². The Morgan fingerprint density at radius 3 is 2.86 bits per heavy atom. The second kappa shape index (κ2) is 6.22. The molecule has 0 atom stereocenters. The molecule has 1 aliphatic rings. The summed E-state index contributed by atoms with van der Waals surface area (Å²) in [6, 6.07) is 12.2. The molecule has 1 N–H and O–H groups in total. The van der Waals surface area contributed by atoms with Gasteiger partial charge in [-0.2, -0.15) is 0 Å². The second-order valence-electron chi connectivity index (χ2n) is 5.06. The van der Waals surface area contributed by atoms with Crippen LogP contribution in [-0.2, 0) is 16.4 Å². The summed E-state index contributed by atoms with van der Waals surface area (Å²) < 4.78 is 32.8. The van der Waals surface area contributed by atoms with Crippen LogP contribution in [0.4, 0.5) is 5.69 Å². The van der Waals surface area contributed by atoms with E-state index in [1.807, 2.05) is 6.07 Å². The predicted octanol–water partition coefficient (Wildman–Crippen LogP) is 3.53. The van der Waals surface area contributed by atoms with Gasteiger partial charge in [0.15, 0.2) is 0 Å². The maximum atomic E-state index is 12.5. The molecule has 0 unspecified atom stereocenters. The van der Waals surface area contributed by atoms with Crippen LogP contribution in [0.5, 0.6) is 5.75 Å². The summed E-state index contributed by atoms with van der Waals surface area (Å²) in [6.45, 7) is 0. The van der Waals surface area contributed by atoms with Gasteiger partial charge in [0.1, 0.15) is 5.75 Å². The minimum atomic E-state index is -3.59. The number of methoxy groups -OCH3 is 1. The van der Waals surface area contributed by atoms with Gasteiger partial charge >= 0.3 is 0 Å². The summed E-state index contributed by atoms with van der Waals surface area (Å²) in [5.41, 5.74) is 1.61. The Labute approximate surface area is 134 Å². The van der Waals surface area contributed by atoms with E-state index in [0.717, 1.165) is 24.2 Å². The van der Waals surface area contributed by atoms with Crippen molar-refractivity contribution in [3.63, 3.8) is 0 Å². The SMILES string of the molecule is COc1cccc(NS(=O)(=O)c2ccc3c(c2)CCCS3)c1. The van der Waals surface area contributed by atoms with Crippen molar-refractivity contribution in [2.45, 2.75) is 22.6 Å². The lowest BCUT2D eigenvalue weighted by atomic mass is 10.1. The zero-order valence-corrected chi connectivity index (χ0v) is 13.8. The Morgan fingerprint density at radius 2 is 2.05 bits per heavy atom. The Kier molecular flexibility index (Phi) is 4.31. The van der Waals surface area contributed by atoms with Gasteiger partial charge in [-0.25, -0.2) is 8.42 Å². The third kappa shape index (κ3) is 3.23. The number of anilines is 1. The first kappa shape index (κ1) is 15.2. The highest BCUT2D eigenvalue weighted by molar-refractivity contribution is 7.99. The van der Waals surface area contributed by atoms with Crippen LogP contribution in [0, 0.1) is 0 Å². The number of hydrogen-bond acceptors (Lipinski definition) is 4. The minimum absolute atomic E-state index is 0.302. The fourth-order valence-electron chi connectivity index (χ4n) is 2.40. The molecule has 0 bridgehead atoms. The molecule has 116 valence electrons. The topological polar surface area (TPSA) is 55.4 Å². The van der Waals surface area contributed by atoms with Gasteiger partial charge in [-0.1, -0.05) is 6.07 Å². The Bertz CT molecular complexity index is 788. The van der Waals surface area contributed by atoms with Crippen LogP contribution in [-0.4, -0.2) is 21.3 Å². The molecule has 2 aromatic carbocycles. The molecule has 0 saturated heterocycles. The van der Waals surface area contributed by atoms with Crippen molar-refractivity contribution in [3.05, 3.63) is 48.0 Å². The summed E-state index contributed by atoms with van der Waals surface area (Å²) in [7, 11) is -2.04. The molecule has 1 aliphatic heterocycles. The van der Waals surface area contributed by atoms with E-state index in [4.69, 9.17) is 4.74 Å². The van der Waals surface area contributed by atoms with Gasteiger partial charge in [-0.15, -0.1) is 11.8 Å². The highest BCUT2D eigenvalue weighted by atomic mass is 32.2. The monoisotopic (exact) mass is 335 g/mol. The van der Waals surface area contributed by atoms with E-state index < -0.39 is 10.0 Å². The first-order valence-electron chi connectivity index (χ1n) is 7.01. The highest BCUT2D eigenvalue weighted by Crippen LogP contribution is 2.32. The lowest BCUT2D eigenvalue weighted by Crippen LogP contribution is -2.14. The first-order chi connectivity index (χ1) is 10.6. The average molecular weight is 335 g/mol. The number of aryl methyl sites for hydroxylation is 1. The largest absolute Gasteiger partial charge is 0.497 e. The third-order valence-corrected chi connectivity index (χ3v) is 6.09. The number of ether oxygens (including phenoxy) is 1. The Morgan fingerprint density at radius 1 is 1.18 bits per heavy atom. The molecule has 0 saturated carbocycles. The van der Waals surface area contributed by atoms with Crippen LogP contribution in [0.15, 0.2) is 52.3 Å². The van der Waals surface area contributed by atoms with E-state index in [1.54, 1.807) is 55.3 Å². The maximum absolute atomic E-state index is 12.5. The smallest absolute Gasteiger partial charge is 0.261 e.